The lowest BCUT2D eigenvalue weighted by atomic mass is 10.2. The van der Waals surface area contributed by atoms with Crippen LogP contribution in [0, 0.1) is 0 Å². The molecule has 1 heterocycles. The van der Waals surface area contributed by atoms with Crippen molar-refractivity contribution in [1.29, 1.82) is 0 Å². The molecule has 0 saturated carbocycles. The zero-order valence-electron chi connectivity index (χ0n) is 14.0. The third kappa shape index (κ3) is 5.80. The molecule has 1 amide bonds. The van der Waals surface area contributed by atoms with Crippen molar-refractivity contribution in [3.8, 4) is 5.75 Å². The number of nitrogens with zero attached hydrogens (tertiary/aromatic N) is 1. The highest BCUT2D eigenvalue weighted by Gasteiger charge is 2.12. The Hall–Kier alpha value is -3.09. The average molecular weight is 343 g/mol. The van der Waals surface area contributed by atoms with Gasteiger partial charge in [-0.25, -0.2) is 4.98 Å². The number of nitrogens with one attached hydrogen (secondary N) is 2. The van der Waals surface area contributed by atoms with Crippen molar-refractivity contribution >= 4 is 23.4 Å². The van der Waals surface area contributed by atoms with E-state index in [1.807, 2.05) is 31.2 Å². The number of carboxylic acids is 1. The van der Waals surface area contributed by atoms with Gasteiger partial charge < -0.3 is 20.5 Å². The zero-order chi connectivity index (χ0) is 18.1. The number of benzene rings is 1. The van der Waals surface area contributed by atoms with Crippen LogP contribution in [0.2, 0.25) is 0 Å². The van der Waals surface area contributed by atoms with Crippen molar-refractivity contribution in [3.05, 3.63) is 48.2 Å². The molecule has 0 aliphatic carbocycles. The van der Waals surface area contributed by atoms with Crippen LogP contribution in [0.15, 0.2) is 42.6 Å². The summed E-state index contributed by atoms with van der Waals surface area (Å²) < 4.78 is 5.40. The van der Waals surface area contributed by atoms with Crippen LogP contribution in [0.5, 0.6) is 5.75 Å². The van der Waals surface area contributed by atoms with E-state index >= 15 is 0 Å². The zero-order valence-corrected chi connectivity index (χ0v) is 14.0. The molecule has 0 unspecified atom stereocenters. The summed E-state index contributed by atoms with van der Waals surface area (Å²) in [5.41, 5.74) is 1.17. The van der Waals surface area contributed by atoms with Crippen molar-refractivity contribution < 1.29 is 19.4 Å². The van der Waals surface area contributed by atoms with Gasteiger partial charge in [-0.05, 0) is 49.7 Å². The predicted octanol–water partition coefficient (Wildman–Crippen LogP) is 2.82. The lowest BCUT2D eigenvalue weighted by Crippen LogP contribution is -2.25. The molecule has 1 aromatic heterocycles. The molecule has 0 fully saturated rings. The van der Waals surface area contributed by atoms with E-state index in [1.165, 1.54) is 0 Å². The normalized spacial score (nSPS) is 10.1. The van der Waals surface area contributed by atoms with Crippen molar-refractivity contribution in [2.45, 2.75) is 19.8 Å². The van der Waals surface area contributed by atoms with Gasteiger partial charge in [0.25, 0.3) is 5.91 Å². The second kappa shape index (κ2) is 9.27. The van der Waals surface area contributed by atoms with Crippen LogP contribution < -0.4 is 15.4 Å². The van der Waals surface area contributed by atoms with E-state index in [4.69, 9.17) is 9.84 Å². The minimum absolute atomic E-state index is 0.0185. The molecule has 7 heteroatoms. The molecular weight excluding hydrogens is 322 g/mol. The van der Waals surface area contributed by atoms with Crippen LogP contribution >= 0.6 is 0 Å². The maximum absolute atomic E-state index is 12.3. The molecule has 0 aliphatic heterocycles. The highest BCUT2D eigenvalue weighted by Crippen LogP contribution is 2.21. The highest BCUT2D eigenvalue weighted by molar-refractivity contribution is 5.99. The minimum Gasteiger partial charge on any atom is -0.494 e. The van der Waals surface area contributed by atoms with Crippen molar-refractivity contribution in [2.75, 3.05) is 18.5 Å². The third-order valence-corrected chi connectivity index (χ3v) is 3.33. The number of pyridine rings is 1. The molecule has 2 rings (SSSR count). The monoisotopic (exact) mass is 343 g/mol. The van der Waals surface area contributed by atoms with Crippen LogP contribution in [-0.2, 0) is 4.79 Å². The number of aliphatic carboxylic acids is 1. The molecule has 0 radical (unpaired) electrons. The number of ether oxygens (including phenoxy) is 1. The van der Waals surface area contributed by atoms with Gasteiger partial charge in [-0.15, -0.1) is 0 Å². The van der Waals surface area contributed by atoms with Crippen LogP contribution in [0.3, 0.4) is 0 Å². The van der Waals surface area contributed by atoms with Gasteiger partial charge >= 0.3 is 5.97 Å². The van der Waals surface area contributed by atoms with Gasteiger partial charge in [0.15, 0.2) is 0 Å². The first-order valence-corrected chi connectivity index (χ1v) is 8.05. The Morgan fingerprint density at radius 1 is 1.20 bits per heavy atom. The standard InChI is InChI=1S/C18H21N3O4/c1-2-25-14-9-7-13(8-10-14)21-17-15(5-3-11-19-17)18(24)20-12-4-6-16(22)23/h3,5,7-11H,2,4,6,12H2,1H3,(H,19,21)(H,20,24)(H,22,23). The first-order chi connectivity index (χ1) is 12.1. The van der Waals surface area contributed by atoms with Crippen LogP contribution in [-0.4, -0.2) is 35.1 Å². The third-order valence-electron chi connectivity index (χ3n) is 3.33. The smallest absolute Gasteiger partial charge is 0.303 e. The van der Waals surface area contributed by atoms with Crippen LogP contribution in [0.4, 0.5) is 11.5 Å². The van der Waals surface area contributed by atoms with E-state index < -0.39 is 5.97 Å². The number of aromatic nitrogens is 1. The van der Waals surface area contributed by atoms with Crippen molar-refractivity contribution in [1.82, 2.24) is 10.3 Å². The van der Waals surface area contributed by atoms with E-state index in [0.717, 1.165) is 11.4 Å². The van der Waals surface area contributed by atoms with Gasteiger partial charge in [0.2, 0.25) is 0 Å². The number of carboxylic acid groups (broad SMARTS) is 1. The summed E-state index contributed by atoms with van der Waals surface area (Å²) in [7, 11) is 0. The molecule has 1 aromatic carbocycles. The summed E-state index contributed by atoms with van der Waals surface area (Å²) in [6.45, 7) is 2.81. The number of hydrogen-bond donors (Lipinski definition) is 3. The molecule has 0 bridgehead atoms. The molecule has 0 atom stereocenters. The summed E-state index contributed by atoms with van der Waals surface area (Å²) in [5, 5.41) is 14.4. The molecule has 3 N–H and O–H groups in total. The molecule has 0 saturated heterocycles. The number of anilines is 2. The Balaban J connectivity index is 2.01. The van der Waals surface area contributed by atoms with E-state index in [2.05, 4.69) is 15.6 Å². The fourth-order valence-corrected chi connectivity index (χ4v) is 2.16. The molecule has 25 heavy (non-hydrogen) atoms. The summed E-state index contributed by atoms with van der Waals surface area (Å²) >= 11 is 0. The quantitative estimate of drug-likeness (QED) is 0.605. The molecular formula is C18H21N3O4. The number of rotatable bonds is 9. The second-order valence-electron chi connectivity index (χ2n) is 5.24. The van der Waals surface area contributed by atoms with E-state index in [1.54, 1.807) is 18.3 Å². The first-order valence-electron chi connectivity index (χ1n) is 8.05. The Morgan fingerprint density at radius 2 is 1.96 bits per heavy atom. The summed E-state index contributed by atoms with van der Waals surface area (Å²) in [5.74, 6) is 0.0215. The van der Waals surface area contributed by atoms with Crippen LogP contribution in [0.1, 0.15) is 30.1 Å². The molecule has 0 spiro atoms. The van der Waals surface area contributed by atoms with Crippen LogP contribution in [0.25, 0.3) is 0 Å². The lowest BCUT2D eigenvalue weighted by Gasteiger charge is -2.11. The Labute approximate surface area is 146 Å². The first kappa shape index (κ1) is 18.3. The summed E-state index contributed by atoms with van der Waals surface area (Å²) in [6, 6.07) is 10.7. The lowest BCUT2D eigenvalue weighted by molar-refractivity contribution is -0.137. The van der Waals surface area contributed by atoms with Gasteiger partial charge in [-0.1, -0.05) is 0 Å². The van der Waals surface area contributed by atoms with Gasteiger partial charge in [-0.2, -0.15) is 0 Å². The number of hydrogen-bond acceptors (Lipinski definition) is 5. The summed E-state index contributed by atoms with van der Waals surface area (Å²) in [6.07, 6.45) is 1.99. The topological polar surface area (TPSA) is 101 Å². The number of amides is 1. The van der Waals surface area contributed by atoms with E-state index in [0.29, 0.717) is 31.0 Å². The van der Waals surface area contributed by atoms with Gasteiger partial charge in [0.05, 0.1) is 12.2 Å². The number of carbonyl (C=O) groups is 2. The maximum atomic E-state index is 12.3. The fraction of sp³-hybridized carbons (Fsp3) is 0.278. The van der Waals surface area contributed by atoms with Gasteiger partial charge in [-0.3, -0.25) is 9.59 Å². The van der Waals surface area contributed by atoms with Gasteiger partial charge in [0, 0.05) is 24.8 Å². The summed E-state index contributed by atoms with van der Waals surface area (Å²) in [4.78, 5) is 27.0. The molecule has 2 aromatic rings. The second-order valence-corrected chi connectivity index (χ2v) is 5.24. The van der Waals surface area contributed by atoms with E-state index in [-0.39, 0.29) is 12.3 Å². The Kier molecular flexibility index (Phi) is 6.76. The van der Waals surface area contributed by atoms with E-state index in [9.17, 15) is 9.59 Å². The largest absolute Gasteiger partial charge is 0.494 e. The predicted molar refractivity (Wildman–Crippen MR) is 94.3 cm³/mol. The molecule has 0 aliphatic rings. The average Bonchev–Trinajstić information content (AvgIpc) is 2.61. The fourth-order valence-electron chi connectivity index (χ4n) is 2.16. The van der Waals surface area contributed by atoms with Crippen molar-refractivity contribution in [3.63, 3.8) is 0 Å². The highest BCUT2D eigenvalue weighted by atomic mass is 16.5. The SMILES string of the molecule is CCOc1ccc(Nc2ncccc2C(=O)NCCCC(=O)O)cc1. The Bertz CT molecular complexity index is 717. The molecule has 7 nitrogen and oxygen atoms in total. The van der Waals surface area contributed by atoms with Crippen molar-refractivity contribution in [2.24, 2.45) is 0 Å². The molecule has 132 valence electrons. The Morgan fingerprint density at radius 3 is 2.64 bits per heavy atom. The number of carbonyl (C=O) groups excluding carboxylic acids is 1. The minimum atomic E-state index is -0.881. The maximum Gasteiger partial charge on any atom is 0.303 e. The van der Waals surface area contributed by atoms with Gasteiger partial charge in [0.1, 0.15) is 11.6 Å².